The molecule has 0 radical (unpaired) electrons. The minimum absolute atomic E-state index is 0.0686. The summed E-state index contributed by atoms with van der Waals surface area (Å²) in [7, 11) is 0. The number of benzene rings is 1. The van der Waals surface area contributed by atoms with E-state index in [-0.39, 0.29) is 5.91 Å². The third kappa shape index (κ3) is 4.19. The molecule has 0 heterocycles. The maximum atomic E-state index is 12.0. The molecule has 0 aliphatic rings. The van der Waals surface area contributed by atoms with Crippen LogP contribution in [0.3, 0.4) is 0 Å². The van der Waals surface area contributed by atoms with Crippen LogP contribution in [0.25, 0.3) is 0 Å². The molecule has 2 N–H and O–H groups in total. The van der Waals surface area contributed by atoms with Crippen LogP contribution in [0, 0.1) is 5.41 Å². The van der Waals surface area contributed by atoms with Gasteiger partial charge in [-0.2, -0.15) is 0 Å². The SMILES string of the molecule is CCC(C)(C)C(=O)Nc1ccc(C(=O)NC(C)=O)cc1. The maximum absolute atomic E-state index is 12.0. The highest BCUT2D eigenvalue weighted by Crippen LogP contribution is 2.22. The summed E-state index contributed by atoms with van der Waals surface area (Å²) in [5.41, 5.74) is 0.550. The predicted octanol–water partition coefficient (Wildman–Crippen LogP) is 2.34. The van der Waals surface area contributed by atoms with E-state index in [9.17, 15) is 14.4 Å². The first kappa shape index (κ1) is 15.9. The Bertz CT molecular complexity index is 518. The summed E-state index contributed by atoms with van der Waals surface area (Å²) in [6.45, 7) is 6.97. The number of imide groups is 1. The Morgan fingerprint density at radius 1 is 1.10 bits per heavy atom. The number of amides is 3. The molecule has 5 heteroatoms. The van der Waals surface area contributed by atoms with E-state index in [0.717, 1.165) is 6.42 Å². The highest BCUT2D eigenvalue weighted by molar-refractivity contribution is 6.04. The van der Waals surface area contributed by atoms with E-state index in [4.69, 9.17) is 0 Å². The summed E-state index contributed by atoms with van der Waals surface area (Å²) < 4.78 is 0. The minimum Gasteiger partial charge on any atom is -0.326 e. The van der Waals surface area contributed by atoms with Crippen molar-refractivity contribution in [2.75, 3.05) is 5.32 Å². The lowest BCUT2D eigenvalue weighted by molar-refractivity contribution is -0.124. The first-order valence-electron chi connectivity index (χ1n) is 6.49. The van der Waals surface area contributed by atoms with Gasteiger partial charge in [-0.1, -0.05) is 20.8 Å². The van der Waals surface area contributed by atoms with E-state index >= 15 is 0 Å². The Morgan fingerprint density at radius 3 is 2.10 bits per heavy atom. The molecule has 0 aliphatic carbocycles. The van der Waals surface area contributed by atoms with Crippen molar-refractivity contribution < 1.29 is 14.4 Å². The van der Waals surface area contributed by atoms with Crippen LogP contribution in [0.2, 0.25) is 0 Å². The monoisotopic (exact) mass is 276 g/mol. The standard InChI is InChI=1S/C15H20N2O3/c1-5-15(3,4)14(20)17-12-8-6-11(7-9-12)13(19)16-10(2)18/h6-9H,5H2,1-4H3,(H,17,20)(H,16,18,19). The zero-order chi connectivity index (χ0) is 15.3. The lowest BCUT2D eigenvalue weighted by Gasteiger charge is -2.21. The highest BCUT2D eigenvalue weighted by Gasteiger charge is 2.25. The smallest absolute Gasteiger partial charge is 0.257 e. The number of carbonyl (C=O) groups excluding carboxylic acids is 3. The van der Waals surface area contributed by atoms with E-state index < -0.39 is 17.2 Å². The van der Waals surface area contributed by atoms with Crippen molar-refractivity contribution in [1.82, 2.24) is 5.32 Å². The van der Waals surface area contributed by atoms with Gasteiger partial charge in [0, 0.05) is 23.6 Å². The zero-order valence-electron chi connectivity index (χ0n) is 12.2. The summed E-state index contributed by atoms with van der Waals surface area (Å²) >= 11 is 0. The second kappa shape index (κ2) is 6.32. The molecule has 20 heavy (non-hydrogen) atoms. The number of hydrogen-bond acceptors (Lipinski definition) is 3. The van der Waals surface area contributed by atoms with Crippen molar-refractivity contribution in [2.45, 2.75) is 34.1 Å². The van der Waals surface area contributed by atoms with Crippen LogP contribution in [0.4, 0.5) is 5.69 Å². The Hall–Kier alpha value is -2.17. The molecule has 0 bridgehead atoms. The fourth-order valence-corrected chi connectivity index (χ4v) is 1.40. The van der Waals surface area contributed by atoms with E-state index in [1.807, 2.05) is 20.8 Å². The number of anilines is 1. The van der Waals surface area contributed by atoms with Crippen LogP contribution in [0.5, 0.6) is 0 Å². The Kier molecular flexibility index (Phi) is 5.02. The van der Waals surface area contributed by atoms with Crippen molar-refractivity contribution >= 4 is 23.4 Å². The maximum Gasteiger partial charge on any atom is 0.257 e. The lowest BCUT2D eigenvalue weighted by atomic mass is 9.89. The molecule has 0 spiro atoms. The van der Waals surface area contributed by atoms with Gasteiger partial charge in [0.1, 0.15) is 0 Å². The highest BCUT2D eigenvalue weighted by atomic mass is 16.2. The molecule has 0 saturated carbocycles. The third-order valence-electron chi connectivity index (χ3n) is 3.19. The molecule has 1 aromatic carbocycles. The molecule has 1 rings (SSSR count). The molecule has 3 amide bonds. The van der Waals surface area contributed by atoms with Gasteiger partial charge in [-0.25, -0.2) is 0 Å². The van der Waals surface area contributed by atoms with Gasteiger partial charge in [0.05, 0.1) is 0 Å². The number of carbonyl (C=O) groups is 3. The van der Waals surface area contributed by atoms with E-state index in [1.54, 1.807) is 24.3 Å². The van der Waals surface area contributed by atoms with E-state index in [2.05, 4.69) is 10.6 Å². The van der Waals surface area contributed by atoms with Gasteiger partial charge in [-0.05, 0) is 30.7 Å². The van der Waals surface area contributed by atoms with Crippen LogP contribution < -0.4 is 10.6 Å². The minimum atomic E-state index is -0.454. The fourth-order valence-electron chi connectivity index (χ4n) is 1.40. The van der Waals surface area contributed by atoms with Crippen LogP contribution in [-0.2, 0) is 9.59 Å². The largest absolute Gasteiger partial charge is 0.326 e. The predicted molar refractivity (Wildman–Crippen MR) is 77.3 cm³/mol. The van der Waals surface area contributed by atoms with Crippen LogP contribution in [0.15, 0.2) is 24.3 Å². The third-order valence-corrected chi connectivity index (χ3v) is 3.19. The molecule has 0 aliphatic heterocycles. The Morgan fingerprint density at radius 2 is 1.65 bits per heavy atom. The molecular weight excluding hydrogens is 256 g/mol. The van der Waals surface area contributed by atoms with Crippen molar-refractivity contribution in [2.24, 2.45) is 5.41 Å². The first-order chi connectivity index (χ1) is 9.26. The average Bonchev–Trinajstić information content (AvgIpc) is 2.38. The summed E-state index contributed by atoms with van der Waals surface area (Å²) in [6, 6.07) is 6.40. The molecule has 0 unspecified atom stereocenters. The number of hydrogen-bond donors (Lipinski definition) is 2. The van der Waals surface area contributed by atoms with Gasteiger partial charge in [0.2, 0.25) is 11.8 Å². The van der Waals surface area contributed by atoms with Gasteiger partial charge < -0.3 is 5.32 Å². The van der Waals surface area contributed by atoms with Crippen molar-refractivity contribution in [3.8, 4) is 0 Å². The van der Waals surface area contributed by atoms with Crippen molar-refractivity contribution in [3.63, 3.8) is 0 Å². The zero-order valence-corrected chi connectivity index (χ0v) is 12.2. The molecule has 5 nitrogen and oxygen atoms in total. The lowest BCUT2D eigenvalue weighted by Crippen LogP contribution is -2.30. The van der Waals surface area contributed by atoms with Crippen LogP contribution in [-0.4, -0.2) is 17.7 Å². The van der Waals surface area contributed by atoms with Crippen LogP contribution >= 0.6 is 0 Å². The summed E-state index contributed by atoms with van der Waals surface area (Å²) in [6.07, 6.45) is 0.734. The topological polar surface area (TPSA) is 75.3 Å². The number of nitrogens with one attached hydrogen (secondary N) is 2. The second-order valence-corrected chi connectivity index (χ2v) is 5.28. The van der Waals surface area contributed by atoms with Gasteiger partial charge in [0.25, 0.3) is 5.91 Å². The summed E-state index contributed by atoms with van der Waals surface area (Å²) in [5, 5.41) is 4.99. The fraction of sp³-hybridized carbons (Fsp3) is 0.400. The normalized spacial score (nSPS) is 10.8. The molecule has 0 fully saturated rings. The van der Waals surface area contributed by atoms with E-state index in [1.165, 1.54) is 6.92 Å². The second-order valence-electron chi connectivity index (χ2n) is 5.28. The molecule has 0 atom stereocenters. The quantitative estimate of drug-likeness (QED) is 0.886. The van der Waals surface area contributed by atoms with Crippen molar-refractivity contribution in [1.29, 1.82) is 0 Å². The molecular formula is C15H20N2O3. The summed E-state index contributed by atoms with van der Waals surface area (Å²) in [4.78, 5) is 34.4. The average molecular weight is 276 g/mol. The van der Waals surface area contributed by atoms with Gasteiger partial charge in [-0.3, -0.25) is 19.7 Å². The van der Waals surface area contributed by atoms with Gasteiger partial charge >= 0.3 is 0 Å². The molecule has 0 saturated heterocycles. The van der Waals surface area contributed by atoms with Crippen LogP contribution in [0.1, 0.15) is 44.5 Å². The number of rotatable bonds is 4. The first-order valence-corrected chi connectivity index (χ1v) is 6.49. The van der Waals surface area contributed by atoms with E-state index in [0.29, 0.717) is 11.3 Å². The van der Waals surface area contributed by atoms with Crippen molar-refractivity contribution in [3.05, 3.63) is 29.8 Å². The van der Waals surface area contributed by atoms with Gasteiger partial charge in [-0.15, -0.1) is 0 Å². The summed E-state index contributed by atoms with van der Waals surface area (Å²) in [5.74, 6) is -0.928. The Balaban J connectivity index is 2.75. The van der Waals surface area contributed by atoms with Gasteiger partial charge in [0.15, 0.2) is 0 Å². The molecule has 108 valence electrons. The molecule has 1 aromatic rings. The Labute approximate surface area is 118 Å². The molecule has 0 aromatic heterocycles.